The number of hydrogen-bond donors (Lipinski definition) is 0. The first-order valence-electron chi connectivity index (χ1n) is 24.0. The Bertz CT molecular complexity index is 2830. The first kappa shape index (κ1) is 63.8. The molecular formula is C61H68O12Se4. The van der Waals surface area contributed by atoms with Crippen LogP contribution in [0.4, 0.5) is 0 Å². The summed E-state index contributed by atoms with van der Waals surface area (Å²) in [6.45, 7) is 8.06. The number of hydrogen-bond acceptors (Lipinski definition) is 12. The number of ether oxygens (including phenoxy) is 9. The minimum atomic E-state index is -0.399. The molecule has 7 aromatic rings. The van der Waals surface area contributed by atoms with Crippen LogP contribution in [-0.2, 0) is 33.7 Å². The van der Waals surface area contributed by atoms with Crippen LogP contribution in [0.5, 0.6) is 17.2 Å². The number of carbonyl (C=O) groups is 3. The number of methoxy groups -OCH3 is 6. The molecule has 0 unspecified atom stereocenters. The van der Waals surface area contributed by atoms with Gasteiger partial charge in [0, 0.05) is 7.11 Å². The maximum absolute atomic E-state index is 12.8. The van der Waals surface area contributed by atoms with E-state index in [9.17, 15) is 14.4 Å². The van der Waals surface area contributed by atoms with Crippen molar-refractivity contribution in [2.24, 2.45) is 0 Å². The second-order valence-corrected chi connectivity index (χ2v) is 26.9. The Kier molecular flexibility index (Phi) is 29.6. The van der Waals surface area contributed by atoms with E-state index in [1.54, 1.807) is 20.3 Å². The van der Waals surface area contributed by atoms with Crippen LogP contribution in [0.25, 0.3) is 0 Å². The van der Waals surface area contributed by atoms with E-state index in [1.165, 1.54) is 46.3 Å². The summed E-state index contributed by atoms with van der Waals surface area (Å²) in [6.07, 6.45) is 0. The second kappa shape index (κ2) is 35.7. The summed E-state index contributed by atoms with van der Waals surface area (Å²) in [5.74, 6) is 2.58. The summed E-state index contributed by atoms with van der Waals surface area (Å²) in [5, 5.41) is 0.798. The Morgan fingerprint density at radius 3 is 1.21 bits per heavy atom. The minimum absolute atomic E-state index is 0.0746. The molecule has 0 aliphatic rings. The van der Waals surface area contributed by atoms with E-state index >= 15 is 0 Å². The van der Waals surface area contributed by atoms with E-state index in [4.69, 9.17) is 42.6 Å². The Hall–Kier alpha value is -5.69. The van der Waals surface area contributed by atoms with Crippen molar-refractivity contribution in [1.29, 1.82) is 0 Å². The van der Waals surface area contributed by atoms with E-state index in [0.29, 0.717) is 48.9 Å². The van der Waals surface area contributed by atoms with Crippen molar-refractivity contribution in [1.82, 2.24) is 0 Å². The molecule has 0 aromatic heterocycles. The number of aryl methyl sites for hydroxylation is 4. The van der Waals surface area contributed by atoms with Gasteiger partial charge in [0.25, 0.3) is 0 Å². The quantitative estimate of drug-likeness (QED) is 0.0297. The van der Waals surface area contributed by atoms with Gasteiger partial charge in [-0.3, -0.25) is 0 Å². The predicted octanol–water partition coefficient (Wildman–Crippen LogP) is 8.25. The maximum atomic E-state index is 12.8. The van der Waals surface area contributed by atoms with Crippen LogP contribution in [0.1, 0.15) is 68.2 Å². The molecule has 0 atom stereocenters. The molecule has 0 N–H and O–H groups in total. The molecular weight excluding hydrogens is 1240 g/mol. The Balaban J connectivity index is 0.000000241. The molecule has 0 saturated heterocycles. The van der Waals surface area contributed by atoms with E-state index in [2.05, 4.69) is 103 Å². The summed E-state index contributed by atoms with van der Waals surface area (Å²) >= 11 is 1.16. The standard InChI is InChI=1S/C24H24O4Se2.C18H20O4Se.C12H16O4.C7H8Se/c1-17-14-20(22(23(25)27-3)21(15-17)28-16-26-2)24(29-18-10-6-4-7-11-18)30-19-12-8-5-9-13-19;1-13-9-14(11-23-15-7-5-4-6-8-15)17(18(19)21-3)16(10-13)22-12-20-2;1-8-5-9(2)11(12(13)15-4)10(6-8)16-7-14-3;1-8-7-5-3-2-4-6-7/h4-15,24H,16H2,1-3H3;4-10H,11-12H2,1-3H3;5-6H,7H2,1-4H3;2-6H,1H3. The molecule has 0 bridgehead atoms. The number of rotatable bonds is 21. The van der Waals surface area contributed by atoms with Crippen molar-refractivity contribution >= 4 is 95.6 Å². The van der Waals surface area contributed by atoms with Gasteiger partial charge in [-0.15, -0.1) is 0 Å². The molecule has 408 valence electrons. The van der Waals surface area contributed by atoms with Gasteiger partial charge in [-0.1, -0.05) is 6.07 Å². The first-order valence-corrected chi connectivity index (χ1v) is 32.3. The molecule has 0 saturated carbocycles. The average Bonchev–Trinajstić information content (AvgIpc) is 3.45. The van der Waals surface area contributed by atoms with Crippen LogP contribution >= 0.6 is 0 Å². The van der Waals surface area contributed by atoms with Gasteiger partial charge in [0.05, 0.1) is 7.11 Å². The van der Waals surface area contributed by atoms with E-state index in [1.807, 2.05) is 82.3 Å². The Morgan fingerprint density at radius 1 is 0.429 bits per heavy atom. The fraction of sp³-hybridized carbons (Fsp3) is 0.262. The van der Waals surface area contributed by atoms with E-state index in [0.717, 1.165) is 38.7 Å². The molecule has 77 heavy (non-hydrogen) atoms. The summed E-state index contributed by atoms with van der Waals surface area (Å²) in [6, 6.07) is 53.3. The normalized spacial score (nSPS) is 10.3. The van der Waals surface area contributed by atoms with Crippen molar-refractivity contribution in [2.75, 3.05) is 63.0 Å². The molecule has 16 heteroatoms. The van der Waals surface area contributed by atoms with Crippen LogP contribution in [0, 0.1) is 27.7 Å². The van der Waals surface area contributed by atoms with Gasteiger partial charge >= 0.3 is 395 Å². The molecule has 7 rings (SSSR count). The SMILES string of the molecule is COCOc1cc(C)cc(C([Se]c2ccccc2)[Se]c2ccccc2)c1C(=O)OC.COCOc1cc(C)cc(C)c1C(=O)OC.COCOc1cc(C)cc(C[Se]c2ccccc2)c1C(=O)OC.C[Se]c1ccccc1. The molecule has 0 radical (unpaired) electrons. The van der Waals surface area contributed by atoms with E-state index < -0.39 is 5.97 Å². The van der Waals surface area contributed by atoms with Crippen molar-refractivity contribution in [3.8, 4) is 17.2 Å². The zero-order valence-corrected chi connectivity index (χ0v) is 52.3. The molecule has 0 spiro atoms. The van der Waals surface area contributed by atoms with Crippen molar-refractivity contribution in [2.45, 2.75) is 42.6 Å². The number of benzene rings is 7. The summed E-state index contributed by atoms with van der Waals surface area (Å²) in [4.78, 5) is 36.6. The third-order valence-corrected chi connectivity index (χ3v) is 20.7. The van der Waals surface area contributed by atoms with Crippen molar-refractivity contribution < 1.29 is 57.0 Å². The topological polar surface area (TPSA) is 134 Å². The monoisotopic (exact) mass is 1310 g/mol. The van der Waals surface area contributed by atoms with Gasteiger partial charge in [-0.2, -0.15) is 0 Å². The van der Waals surface area contributed by atoms with Gasteiger partial charge in [0.15, 0.2) is 6.79 Å². The predicted molar refractivity (Wildman–Crippen MR) is 309 cm³/mol. The Labute approximate surface area is 479 Å². The van der Waals surface area contributed by atoms with Crippen LogP contribution in [0.15, 0.2) is 158 Å². The van der Waals surface area contributed by atoms with Crippen LogP contribution < -0.4 is 32.1 Å². The number of carbonyl (C=O) groups excluding carboxylic acids is 3. The van der Waals surface area contributed by atoms with Gasteiger partial charge < -0.3 is 14.2 Å². The molecule has 0 fully saturated rings. The summed E-state index contributed by atoms with van der Waals surface area (Å²) < 4.78 is 51.9. The zero-order chi connectivity index (χ0) is 56.0. The van der Waals surface area contributed by atoms with Crippen LogP contribution in [0.3, 0.4) is 0 Å². The Morgan fingerprint density at radius 2 is 0.792 bits per heavy atom. The first-order chi connectivity index (χ1) is 37.3. The molecule has 0 aliphatic heterocycles. The molecule has 12 nitrogen and oxygen atoms in total. The van der Waals surface area contributed by atoms with E-state index in [-0.39, 0.29) is 80.9 Å². The van der Waals surface area contributed by atoms with Crippen LogP contribution in [0.2, 0.25) is 5.82 Å². The summed E-state index contributed by atoms with van der Waals surface area (Å²) in [7, 11) is 8.78. The fourth-order valence-corrected chi connectivity index (χ4v) is 16.7. The molecule has 0 heterocycles. The molecule has 7 aromatic carbocycles. The third-order valence-electron chi connectivity index (χ3n) is 10.6. The second-order valence-electron chi connectivity index (χ2n) is 16.4. The van der Waals surface area contributed by atoms with Gasteiger partial charge in [-0.05, 0) is 31.0 Å². The third kappa shape index (κ3) is 21.6. The number of esters is 3. The van der Waals surface area contributed by atoms with Gasteiger partial charge in [0.2, 0.25) is 0 Å². The van der Waals surface area contributed by atoms with Crippen molar-refractivity contribution in [3.05, 3.63) is 208 Å². The molecule has 0 aliphatic carbocycles. The fourth-order valence-electron chi connectivity index (χ4n) is 7.19. The van der Waals surface area contributed by atoms with Gasteiger partial charge in [-0.25, -0.2) is 4.79 Å². The zero-order valence-electron chi connectivity index (χ0n) is 45.4. The van der Waals surface area contributed by atoms with Crippen molar-refractivity contribution in [3.63, 3.8) is 0 Å². The van der Waals surface area contributed by atoms with Gasteiger partial charge in [0.1, 0.15) is 11.3 Å². The summed E-state index contributed by atoms with van der Waals surface area (Å²) in [5.41, 5.74) is 7.32. The molecule has 0 amide bonds. The average molecular weight is 1310 g/mol. The van der Waals surface area contributed by atoms with Crippen LogP contribution in [-0.4, -0.2) is 141 Å².